The number of aliphatic hydroxyl groups excluding tert-OH is 2. The van der Waals surface area contributed by atoms with E-state index in [4.69, 9.17) is 10.2 Å². The predicted molar refractivity (Wildman–Crippen MR) is 60.7 cm³/mol. The number of hydrogen-bond donors (Lipinski definition) is 3. The van der Waals surface area contributed by atoms with Crippen molar-refractivity contribution >= 4 is 21.6 Å². The molecule has 1 aromatic rings. The van der Waals surface area contributed by atoms with E-state index in [9.17, 15) is 13.2 Å². The van der Waals surface area contributed by atoms with Crippen molar-refractivity contribution in [3.63, 3.8) is 0 Å². The Hall–Kier alpha value is -0.790. The highest BCUT2D eigenvalue weighted by molar-refractivity contribution is 9.10. The van der Waals surface area contributed by atoms with Gasteiger partial charge >= 0.3 is 6.18 Å². The Morgan fingerprint density at radius 2 is 1.82 bits per heavy atom. The molecule has 0 saturated carbocycles. The number of aliphatic hydroxyl groups is 2. The average molecular weight is 314 g/mol. The average Bonchev–Trinajstić information content (AvgIpc) is 2.26. The van der Waals surface area contributed by atoms with Crippen molar-refractivity contribution in [1.29, 1.82) is 0 Å². The van der Waals surface area contributed by atoms with Crippen LogP contribution in [0.1, 0.15) is 5.56 Å². The monoisotopic (exact) mass is 313 g/mol. The SMILES string of the molecule is OCC(CO)Nc1ccc(C(F)(F)F)cc1Br. The molecule has 0 aromatic heterocycles. The minimum absolute atomic E-state index is 0.222. The van der Waals surface area contributed by atoms with Crippen molar-refractivity contribution in [1.82, 2.24) is 0 Å². The van der Waals surface area contributed by atoms with Gasteiger partial charge in [0.2, 0.25) is 0 Å². The van der Waals surface area contributed by atoms with Crippen LogP contribution < -0.4 is 5.32 Å². The normalized spacial score (nSPS) is 11.9. The Bertz CT molecular complexity index is 380. The topological polar surface area (TPSA) is 52.5 Å². The lowest BCUT2D eigenvalue weighted by Crippen LogP contribution is -2.27. The second-order valence-electron chi connectivity index (χ2n) is 3.40. The predicted octanol–water partition coefficient (Wildman–Crippen LogP) is 2.23. The Kier molecular flexibility index (Phi) is 4.79. The number of alkyl halides is 3. The summed E-state index contributed by atoms with van der Waals surface area (Å²) < 4.78 is 37.3. The van der Waals surface area contributed by atoms with Gasteiger partial charge in [-0.3, -0.25) is 0 Å². The van der Waals surface area contributed by atoms with Crippen molar-refractivity contribution in [2.75, 3.05) is 18.5 Å². The molecule has 3 nitrogen and oxygen atoms in total. The molecule has 0 amide bonds. The molecule has 0 saturated heterocycles. The first-order valence-electron chi connectivity index (χ1n) is 4.73. The van der Waals surface area contributed by atoms with Gasteiger partial charge in [0, 0.05) is 10.2 Å². The van der Waals surface area contributed by atoms with Crippen molar-refractivity contribution in [2.45, 2.75) is 12.2 Å². The number of rotatable bonds is 4. The van der Waals surface area contributed by atoms with Gasteiger partial charge < -0.3 is 15.5 Å². The zero-order valence-corrected chi connectivity index (χ0v) is 10.2. The van der Waals surface area contributed by atoms with Gasteiger partial charge in [-0.05, 0) is 34.1 Å². The molecule has 7 heteroatoms. The molecule has 0 fully saturated rings. The lowest BCUT2D eigenvalue weighted by atomic mass is 10.2. The van der Waals surface area contributed by atoms with Crippen LogP contribution in [0, 0.1) is 0 Å². The summed E-state index contributed by atoms with van der Waals surface area (Å²) in [5.41, 5.74) is -0.384. The molecule has 0 heterocycles. The molecule has 0 radical (unpaired) electrons. The largest absolute Gasteiger partial charge is 0.416 e. The summed E-state index contributed by atoms with van der Waals surface area (Å²) in [6.45, 7) is -0.631. The van der Waals surface area contributed by atoms with Gasteiger partial charge in [0.25, 0.3) is 0 Å². The summed E-state index contributed by atoms with van der Waals surface area (Å²) in [7, 11) is 0. The first-order chi connectivity index (χ1) is 7.88. The smallest absolute Gasteiger partial charge is 0.394 e. The van der Waals surface area contributed by atoms with E-state index in [1.165, 1.54) is 6.07 Å². The van der Waals surface area contributed by atoms with E-state index >= 15 is 0 Å². The van der Waals surface area contributed by atoms with Crippen LogP contribution in [0.25, 0.3) is 0 Å². The molecule has 0 aliphatic heterocycles. The van der Waals surface area contributed by atoms with Crippen LogP contribution in [0.2, 0.25) is 0 Å². The second kappa shape index (κ2) is 5.70. The van der Waals surface area contributed by atoms with Crippen molar-refractivity contribution < 1.29 is 23.4 Å². The number of hydrogen-bond acceptors (Lipinski definition) is 3. The maximum Gasteiger partial charge on any atom is 0.416 e. The Balaban J connectivity index is 2.90. The summed E-state index contributed by atoms with van der Waals surface area (Å²) in [5.74, 6) is 0. The Labute approximate surface area is 104 Å². The van der Waals surface area contributed by atoms with E-state index in [-0.39, 0.29) is 17.7 Å². The van der Waals surface area contributed by atoms with Crippen LogP contribution in [-0.2, 0) is 6.18 Å². The van der Waals surface area contributed by atoms with Crippen LogP contribution >= 0.6 is 15.9 Å². The number of halogens is 4. The molecule has 96 valence electrons. The first-order valence-corrected chi connectivity index (χ1v) is 5.52. The molecule has 0 unspecified atom stereocenters. The molecule has 1 rings (SSSR count). The lowest BCUT2D eigenvalue weighted by Gasteiger charge is -2.17. The maximum absolute atomic E-state index is 12.4. The second-order valence-corrected chi connectivity index (χ2v) is 4.25. The van der Waals surface area contributed by atoms with Crippen molar-refractivity contribution in [3.05, 3.63) is 28.2 Å². The van der Waals surface area contributed by atoms with E-state index in [1.807, 2.05) is 0 Å². The third kappa shape index (κ3) is 3.86. The number of anilines is 1. The Morgan fingerprint density at radius 1 is 1.24 bits per heavy atom. The van der Waals surface area contributed by atoms with E-state index < -0.39 is 17.8 Å². The molecule has 0 aliphatic carbocycles. The summed E-state index contributed by atoms with van der Waals surface area (Å²) in [5, 5.41) is 20.4. The molecule has 3 N–H and O–H groups in total. The minimum Gasteiger partial charge on any atom is -0.394 e. The molecule has 0 spiro atoms. The van der Waals surface area contributed by atoms with Gasteiger partial charge in [-0.25, -0.2) is 0 Å². The fraction of sp³-hybridized carbons (Fsp3) is 0.400. The van der Waals surface area contributed by atoms with Gasteiger partial charge in [-0.15, -0.1) is 0 Å². The van der Waals surface area contributed by atoms with Crippen LogP contribution in [0.15, 0.2) is 22.7 Å². The van der Waals surface area contributed by atoms with E-state index in [0.717, 1.165) is 12.1 Å². The van der Waals surface area contributed by atoms with E-state index in [2.05, 4.69) is 21.2 Å². The van der Waals surface area contributed by atoms with Crippen LogP contribution in [-0.4, -0.2) is 29.5 Å². The van der Waals surface area contributed by atoms with Gasteiger partial charge in [-0.2, -0.15) is 13.2 Å². The molecular formula is C10H11BrF3NO2. The molecule has 17 heavy (non-hydrogen) atoms. The quantitative estimate of drug-likeness (QED) is 0.799. The third-order valence-corrected chi connectivity index (χ3v) is 2.75. The van der Waals surface area contributed by atoms with Crippen LogP contribution in [0.4, 0.5) is 18.9 Å². The highest BCUT2D eigenvalue weighted by atomic mass is 79.9. The summed E-state index contributed by atoms with van der Waals surface area (Å²) in [6, 6.07) is 2.50. The van der Waals surface area contributed by atoms with E-state index in [1.54, 1.807) is 0 Å². The van der Waals surface area contributed by atoms with Crippen LogP contribution in [0.3, 0.4) is 0 Å². The van der Waals surface area contributed by atoms with E-state index in [0.29, 0.717) is 5.69 Å². The zero-order chi connectivity index (χ0) is 13.1. The Morgan fingerprint density at radius 3 is 2.24 bits per heavy atom. The van der Waals surface area contributed by atoms with Gasteiger partial charge in [-0.1, -0.05) is 0 Å². The highest BCUT2D eigenvalue weighted by Gasteiger charge is 2.30. The van der Waals surface area contributed by atoms with Crippen molar-refractivity contribution in [3.8, 4) is 0 Å². The third-order valence-electron chi connectivity index (χ3n) is 2.10. The number of benzene rings is 1. The van der Waals surface area contributed by atoms with Gasteiger partial charge in [0.15, 0.2) is 0 Å². The lowest BCUT2D eigenvalue weighted by molar-refractivity contribution is -0.137. The molecular weight excluding hydrogens is 303 g/mol. The van der Waals surface area contributed by atoms with Gasteiger partial charge in [0.1, 0.15) is 0 Å². The highest BCUT2D eigenvalue weighted by Crippen LogP contribution is 2.34. The fourth-order valence-electron chi connectivity index (χ4n) is 1.18. The molecule has 0 atom stereocenters. The summed E-state index contributed by atoms with van der Waals surface area (Å²) in [6.07, 6.45) is -4.39. The van der Waals surface area contributed by atoms with Gasteiger partial charge in [0.05, 0.1) is 24.8 Å². The minimum atomic E-state index is -4.39. The molecule has 1 aromatic carbocycles. The summed E-state index contributed by atoms with van der Waals surface area (Å²) in [4.78, 5) is 0. The zero-order valence-electron chi connectivity index (χ0n) is 8.63. The first kappa shape index (κ1) is 14.3. The van der Waals surface area contributed by atoms with Crippen LogP contribution in [0.5, 0.6) is 0 Å². The van der Waals surface area contributed by atoms with Crippen molar-refractivity contribution in [2.24, 2.45) is 0 Å². The fourth-order valence-corrected chi connectivity index (χ4v) is 1.67. The standard InChI is InChI=1S/C10H11BrF3NO2/c11-8-3-6(10(12,13)14)1-2-9(8)15-7(4-16)5-17/h1-3,7,15-17H,4-5H2. The summed E-state index contributed by atoms with van der Waals surface area (Å²) >= 11 is 3.00. The molecule has 0 bridgehead atoms. The molecule has 0 aliphatic rings. The maximum atomic E-state index is 12.4. The number of nitrogens with one attached hydrogen (secondary N) is 1.